The van der Waals surface area contributed by atoms with Gasteiger partial charge in [-0.3, -0.25) is 4.79 Å². The second kappa shape index (κ2) is 6.16. The van der Waals surface area contributed by atoms with E-state index in [9.17, 15) is 4.79 Å². The van der Waals surface area contributed by atoms with Crippen LogP contribution in [0, 0.1) is 6.92 Å². The van der Waals surface area contributed by atoms with Crippen LogP contribution in [0.25, 0.3) is 0 Å². The number of hydrogen-bond donors (Lipinski definition) is 2. The van der Waals surface area contributed by atoms with E-state index in [1.807, 2.05) is 24.3 Å². The van der Waals surface area contributed by atoms with Gasteiger partial charge in [-0.2, -0.15) is 0 Å². The van der Waals surface area contributed by atoms with Gasteiger partial charge in [0.1, 0.15) is 0 Å². The Bertz CT molecular complexity index is 578. The molecule has 0 aliphatic heterocycles. The van der Waals surface area contributed by atoms with Gasteiger partial charge in [0.2, 0.25) is 5.91 Å². The quantitative estimate of drug-likeness (QED) is 0.860. The Morgan fingerprint density at radius 2 is 1.89 bits per heavy atom. The standard InChI is InChI=1S/C16H18N2O/c1-12-5-4-6-13(9-12)10-18-11-14-7-2-3-8-15(14)16(17)19/h2-9,18H,10-11H2,1H3,(H2,17,19). The lowest BCUT2D eigenvalue weighted by molar-refractivity contribution is 0.0999. The summed E-state index contributed by atoms with van der Waals surface area (Å²) in [5.74, 6) is -0.382. The zero-order valence-electron chi connectivity index (χ0n) is 11.0. The highest BCUT2D eigenvalue weighted by Crippen LogP contribution is 2.08. The summed E-state index contributed by atoms with van der Waals surface area (Å²) in [6.45, 7) is 3.48. The van der Waals surface area contributed by atoms with Crippen molar-refractivity contribution in [2.45, 2.75) is 20.0 Å². The van der Waals surface area contributed by atoms with Crippen LogP contribution in [0.3, 0.4) is 0 Å². The Hall–Kier alpha value is -2.13. The average Bonchev–Trinajstić information content (AvgIpc) is 2.39. The minimum absolute atomic E-state index is 0.382. The van der Waals surface area contributed by atoms with Crippen molar-refractivity contribution in [3.8, 4) is 0 Å². The van der Waals surface area contributed by atoms with E-state index in [0.717, 1.165) is 12.1 Å². The minimum atomic E-state index is -0.382. The smallest absolute Gasteiger partial charge is 0.249 e. The monoisotopic (exact) mass is 254 g/mol. The second-order valence-electron chi connectivity index (χ2n) is 4.61. The molecule has 2 aromatic carbocycles. The molecule has 19 heavy (non-hydrogen) atoms. The SMILES string of the molecule is Cc1cccc(CNCc2ccccc2C(N)=O)c1. The maximum absolute atomic E-state index is 11.3. The number of carbonyl (C=O) groups excluding carboxylic acids is 1. The maximum atomic E-state index is 11.3. The van der Waals surface area contributed by atoms with Crippen molar-refractivity contribution in [2.24, 2.45) is 5.73 Å². The number of amides is 1. The second-order valence-corrected chi connectivity index (χ2v) is 4.61. The third-order valence-electron chi connectivity index (χ3n) is 3.01. The predicted molar refractivity (Wildman–Crippen MR) is 76.7 cm³/mol. The molecule has 0 fully saturated rings. The largest absolute Gasteiger partial charge is 0.366 e. The molecule has 0 saturated heterocycles. The Morgan fingerprint density at radius 1 is 1.11 bits per heavy atom. The van der Waals surface area contributed by atoms with Gasteiger partial charge in [-0.25, -0.2) is 0 Å². The van der Waals surface area contributed by atoms with E-state index in [2.05, 4.69) is 30.4 Å². The lowest BCUT2D eigenvalue weighted by atomic mass is 10.1. The van der Waals surface area contributed by atoms with E-state index >= 15 is 0 Å². The minimum Gasteiger partial charge on any atom is -0.366 e. The molecule has 1 amide bonds. The van der Waals surface area contributed by atoms with Gasteiger partial charge >= 0.3 is 0 Å². The average molecular weight is 254 g/mol. The van der Waals surface area contributed by atoms with Crippen molar-refractivity contribution >= 4 is 5.91 Å². The van der Waals surface area contributed by atoms with E-state index in [1.54, 1.807) is 6.07 Å². The molecule has 0 spiro atoms. The van der Waals surface area contributed by atoms with Gasteiger partial charge in [-0.1, -0.05) is 48.0 Å². The Balaban J connectivity index is 1.98. The van der Waals surface area contributed by atoms with Crippen molar-refractivity contribution in [3.05, 3.63) is 70.8 Å². The summed E-state index contributed by atoms with van der Waals surface area (Å²) in [5.41, 5.74) is 9.35. The number of nitrogens with two attached hydrogens (primary N) is 1. The summed E-state index contributed by atoms with van der Waals surface area (Å²) >= 11 is 0. The third-order valence-corrected chi connectivity index (χ3v) is 3.01. The highest BCUT2D eigenvalue weighted by Gasteiger charge is 2.06. The van der Waals surface area contributed by atoms with Gasteiger partial charge in [-0.05, 0) is 24.1 Å². The fraction of sp³-hybridized carbons (Fsp3) is 0.188. The molecule has 0 bridgehead atoms. The van der Waals surface area contributed by atoms with Gasteiger partial charge in [0.25, 0.3) is 0 Å². The van der Waals surface area contributed by atoms with Crippen molar-refractivity contribution in [1.29, 1.82) is 0 Å². The van der Waals surface area contributed by atoms with Gasteiger partial charge in [-0.15, -0.1) is 0 Å². The molecule has 0 aromatic heterocycles. The molecular weight excluding hydrogens is 236 g/mol. The van der Waals surface area contributed by atoms with Crippen LogP contribution in [0.4, 0.5) is 0 Å². The van der Waals surface area contributed by atoms with Gasteiger partial charge in [0, 0.05) is 18.7 Å². The zero-order chi connectivity index (χ0) is 13.7. The van der Waals surface area contributed by atoms with Crippen molar-refractivity contribution in [3.63, 3.8) is 0 Å². The highest BCUT2D eigenvalue weighted by molar-refractivity contribution is 5.94. The van der Waals surface area contributed by atoms with Gasteiger partial charge in [0.15, 0.2) is 0 Å². The summed E-state index contributed by atoms with van der Waals surface area (Å²) in [4.78, 5) is 11.3. The molecule has 0 saturated carbocycles. The van der Waals surface area contributed by atoms with Crippen LogP contribution in [0.5, 0.6) is 0 Å². The topological polar surface area (TPSA) is 55.1 Å². The molecule has 3 N–H and O–H groups in total. The van der Waals surface area contributed by atoms with Crippen LogP contribution in [0.2, 0.25) is 0 Å². The first kappa shape index (κ1) is 13.3. The van der Waals surface area contributed by atoms with E-state index in [-0.39, 0.29) is 5.91 Å². The Kier molecular flexibility index (Phi) is 4.31. The summed E-state index contributed by atoms with van der Waals surface area (Å²) in [7, 11) is 0. The van der Waals surface area contributed by atoms with Crippen LogP contribution in [0.15, 0.2) is 48.5 Å². The molecule has 98 valence electrons. The van der Waals surface area contributed by atoms with E-state index in [1.165, 1.54) is 11.1 Å². The summed E-state index contributed by atoms with van der Waals surface area (Å²) in [6.07, 6.45) is 0. The first-order valence-corrected chi connectivity index (χ1v) is 6.31. The molecule has 3 nitrogen and oxygen atoms in total. The molecule has 0 radical (unpaired) electrons. The Labute approximate surface area is 113 Å². The molecule has 3 heteroatoms. The van der Waals surface area contributed by atoms with Gasteiger partial charge < -0.3 is 11.1 Å². The number of benzene rings is 2. The lowest BCUT2D eigenvalue weighted by Gasteiger charge is -2.08. The molecular formula is C16H18N2O. The number of rotatable bonds is 5. The van der Waals surface area contributed by atoms with Crippen molar-refractivity contribution in [2.75, 3.05) is 0 Å². The molecule has 0 aliphatic rings. The number of primary amides is 1. The molecule has 0 atom stereocenters. The van der Waals surface area contributed by atoms with Gasteiger partial charge in [0.05, 0.1) is 0 Å². The van der Waals surface area contributed by atoms with Crippen molar-refractivity contribution < 1.29 is 4.79 Å². The molecule has 0 unspecified atom stereocenters. The Morgan fingerprint density at radius 3 is 2.63 bits per heavy atom. The van der Waals surface area contributed by atoms with E-state index < -0.39 is 0 Å². The van der Waals surface area contributed by atoms with E-state index in [0.29, 0.717) is 12.1 Å². The van der Waals surface area contributed by atoms with Crippen molar-refractivity contribution in [1.82, 2.24) is 5.32 Å². The molecule has 2 aromatic rings. The lowest BCUT2D eigenvalue weighted by Crippen LogP contribution is -2.18. The van der Waals surface area contributed by atoms with Crippen LogP contribution in [-0.4, -0.2) is 5.91 Å². The first-order valence-electron chi connectivity index (χ1n) is 6.31. The first-order chi connectivity index (χ1) is 9.16. The molecule has 2 rings (SSSR count). The van der Waals surface area contributed by atoms with Crippen LogP contribution < -0.4 is 11.1 Å². The van der Waals surface area contributed by atoms with Crippen LogP contribution in [0.1, 0.15) is 27.0 Å². The number of aryl methyl sites for hydroxylation is 1. The summed E-state index contributed by atoms with van der Waals surface area (Å²) < 4.78 is 0. The van der Waals surface area contributed by atoms with Crippen LogP contribution in [-0.2, 0) is 13.1 Å². The van der Waals surface area contributed by atoms with Crippen LogP contribution >= 0.6 is 0 Å². The predicted octanol–water partition coefficient (Wildman–Crippen LogP) is 2.38. The summed E-state index contributed by atoms with van der Waals surface area (Å²) in [6, 6.07) is 15.8. The molecule has 0 aliphatic carbocycles. The fourth-order valence-corrected chi connectivity index (χ4v) is 2.08. The maximum Gasteiger partial charge on any atom is 0.249 e. The summed E-state index contributed by atoms with van der Waals surface area (Å²) in [5, 5.41) is 3.33. The third kappa shape index (κ3) is 3.66. The number of hydrogen-bond acceptors (Lipinski definition) is 2. The normalized spacial score (nSPS) is 10.4. The number of carbonyl (C=O) groups is 1. The zero-order valence-corrected chi connectivity index (χ0v) is 11.0. The van der Waals surface area contributed by atoms with E-state index in [4.69, 9.17) is 5.73 Å². The fourth-order valence-electron chi connectivity index (χ4n) is 2.08. The highest BCUT2D eigenvalue weighted by atomic mass is 16.1. The molecule has 0 heterocycles. The number of nitrogens with one attached hydrogen (secondary N) is 1.